The number of aromatic amines is 1. The fourth-order valence-corrected chi connectivity index (χ4v) is 5.54. The van der Waals surface area contributed by atoms with Crippen LogP contribution in [-0.2, 0) is 29.5 Å². The first-order chi connectivity index (χ1) is 20.6. The molecule has 43 heavy (non-hydrogen) atoms. The average Bonchev–Trinajstić information content (AvgIpc) is 3.34. The molecular formula is C29H43F2N2O9P. The zero-order valence-corrected chi connectivity index (χ0v) is 25.2. The Morgan fingerprint density at radius 3 is 2.21 bits per heavy atom. The van der Waals surface area contributed by atoms with Gasteiger partial charge in [0.1, 0.15) is 18.1 Å². The van der Waals surface area contributed by atoms with Crippen LogP contribution < -0.4 is 11.2 Å². The van der Waals surface area contributed by atoms with Gasteiger partial charge in [0.15, 0.2) is 0 Å². The highest BCUT2D eigenvalue weighted by Gasteiger charge is 2.37. The Kier molecular flexibility index (Phi) is 15.2. The predicted molar refractivity (Wildman–Crippen MR) is 155 cm³/mol. The fraction of sp³-hybridized carbons (Fsp3) is 0.655. The number of benzene rings is 1. The van der Waals surface area contributed by atoms with E-state index in [1.165, 1.54) is 56.2 Å². The molecule has 242 valence electrons. The summed E-state index contributed by atoms with van der Waals surface area (Å²) in [6, 6.07) is 6.74. The SMILES string of the molecule is O=c1[nH]c(=O)n([C@H]2C[C@H](O)[C@@H](COP(=O)(O)OCCOCCCCCCCCCCCCc3ccc(F)cc3)O2)cc1F. The summed E-state index contributed by atoms with van der Waals surface area (Å²) in [6.45, 7) is -0.0482. The molecule has 0 radical (unpaired) electrons. The van der Waals surface area contributed by atoms with Crippen molar-refractivity contribution < 1.29 is 41.9 Å². The minimum absolute atomic E-state index is 0.111. The van der Waals surface area contributed by atoms with Gasteiger partial charge < -0.3 is 19.5 Å². The number of nitrogens with zero attached hydrogens (tertiary/aromatic N) is 1. The highest BCUT2D eigenvalue weighted by Crippen LogP contribution is 2.44. The van der Waals surface area contributed by atoms with Crippen LogP contribution in [0.2, 0.25) is 0 Å². The molecular weight excluding hydrogens is 589 g/mol. The molecule has 11 nitrogen and oxygen atoms in total. The molecule has 0 bridgehead atoms. The lowest BCUT2D eigenvalue weighted by Gasteiger charge is -2.18. The van der Waals surface area contributed by atoms with Crippen LogP contribution in [0, 0.1) is 11.6 Å². The van der Waals surface area contributed by atoms with Crippen LogP contribution in [-0.4, -0.2) is 58.2 Å². The second-order valence-corrected chi connectivity index (χ2v) is 12.2. The highest BCUT2D eigenvalue weighted by molar-refractivity contribution is 7.47. The van der Waals surface area contributed by atoms with Gasteiger partial charge in [-0.1, -0.05) is 63.5 Å². The maximum atomic E-state index is 13.5. The molecule has 1 aliphatic rings. The highest BCUT2D eigenvalue weighted by atomic mass is 31.2. The van der Waals surface area contributed by atoms with Crippen LogP contribution >= 0.6 is 7.82 Å². The second kappa shape index (κ2) is 18.5. The largest absolute Gasteiger partial charge is 0.472 e. The van der Waals surface area contributed by atoms with Crippen molar-refractivity contribution in [3.05, 3.63) is 68.5 Å². The molecule has 0 saturated carbocycles. The summed E-state index contributed by atoms with van der Waals surface area (Å²) in [5, 5.41) is 10.2. The molecule has 0 aliphatic carbocycles. The summed E-state index contributed by atoms with van der Waals surface area (Å²) in [5.41, 5.74) is -0.901. The van der Waals surface area contributed by atoms with Crippen molar-refractivity contribution in [1.82, 2.24) is 9.55 Å². The van der Waals surface area contributed by atoms with E-state index in [1.54, 1.807) is 4.98 Å². The number of aliphatic hydroxyl groups excluding tert-OH is 1. The van der Waals surface area contributed by atoms with E-state index in [0.29, 0.717) is 12.8 Å². The number of rotatable bonds is 21. The number of nitrogens with one attached hydrogen (secondary N) is 1. The first-order valence-electron chi connectivity index (χ1n) is 14.9. The van der Waals surface area contributed by atoms with Crippen molar-refractivity contribution >= 4 is 7.82 Å². The van der Waals surface area contributed by atoms with Gasteiger partial charge in [0.05, 0.1) is 32.1 Å². The average molecular weight is 633 g/mol. The third-order valence-corrected chi connectivity index (χ3v) is 8.22. The zero-order valence-electron chi connectivity index (χ0n) is 24.3. The van der Waals surface area contributed by atoms with E-state index in [1.807, 2.05) is 12.1 Å². The first-order valence-corrected chi connectivity index (χ1v) is 16.4. The Hall–Kier alpha value is -2.25. The molecule has 3 N–H and O–H groups in total. The lowest BCUT2D eigenvalue weighted by molar-refractivity contribution is -0.0474. The normalized spacial score (nSPS) is 20.0. The van der Waals surface area contributed by atoms with E-state index < -0.39 is 49.9 Å². The first kappa shape index (κ1) is 35.2. The van der Waals surface area contributed by atoms with E-state index in [2.05, 4.69) is 0 Å². The lowest BCUT2D eigenvalue weighted by Crippen LogP contribution is -2.34. The molecule has 3 rings (SSSR count). The van der Waals surface area contributed by atoms with E-state index in [4.69, 9.17) is 18.5 Å². The van der Waals surface area contributed by atoms with Crippen molar-refractivity contribution in [3.8, 4) is 0 Å². The van der Waals surface area contributed by atoms with Crippen LogP contribution in [0.25, 0.3) is 0 Å². The van der Waals surface area contributed by atoms with Gasteiger partial charge >= 0.3 is 13.5 Å². The second-order valence-electron chi connectivity index (χ2n) is 10.7. The summed E-state index contributed by atoms with van der Waals surface area (Å²) >= 11 is 0. The number of H-pyrrole nitrogens is 1. The Morgan fingerprint density at radius 1 is 0.907 bits per heavy atom. The van der Waals surface area contributed by atoms with Crippen LogP contribution in [0.4, 0.5) is 8.78 Å². The molecule has 14 heteroatoms. The number of aryl methyl sites for hydroxylation is 1. The number of phosphoric acid groups is 1. The number of halogens is 2. The number of phosphoric ester groups is 1. The maximum absolute atomic E-state index is 13.5. The molecule has 1 aromatic carbocycles. The molecule has 1 aromatic heterocycles. The Labute approximate surface area is 249 Å². The van der Waals surface area contributed by atoms with Crippen molar-refractivity contribution in [2.24, 2.45) is 0 Å². The summed E-state index contributed by atoms with van der Waals surface area (Å²) in [7, 11) is -4.45. The van der Waals surface area contributed by atoms with Crippen molar-refractivity contribution in [2.75, 3.05) is 26.4 Å². The molecule has 1 aliphatic heterocycles. The quantitative estimate of drug-likeness (QED) is 0.131. The van der Waals surface area contributed by atoms with Crippen LogP contribution in [0.3, 0.4) is 0 Å². The van der Waals surface area contributed by atoms with Gasteiger partial charge in [-0.25, -0.2) is 13.8 Å². The third-order valence-electron chi connectivity index (χ3n) is 7.24. The molecule has 4 atom stereocenters. The van der Waals surface area contributed by atoms with E-state index in [-0.39, 0.29) is 25.5 Å². The molecule has 0 spiro atoms. The number of aromatic nitrogens is 2. The number of hydrogen-bond donors (Lipinski definition) is 3. The van der Waals surface area contributed by atoms with Gasteiger partial charge in [-0.3, -0.25) is 23.4 Å². The Morgan fingerprint density at radius 2 is 1.53 bits per heavy atom. The van der Waals surface area contributed by atoms with E-state index in [9.17, 15) is 32.9 Å². The Balaban J connectivity index is 1.13. The van der Waals surface area contributed by atoms with Gasteiger partial charge in [-0.15, -0.1) is 0 Å². The van der Waals surface area contributed by atoms with Gasteiger partial charge in [0.2, 0.25) is 5.82 Å². The molecule has 1 fully saturated rings. The van der Waals surface area contributed by atoms with Crippen LogP contribution in [0.15, 0.2) is 40.1 Å². The van der Waals surface area contributed by atoms with Gasteiger partial charge in [0, 0.05) is 13.0 Å². The predicted octanol–water partition coefficient (Wildman–Crippen LogP) is 4.76. The zero-order chi connectivity index (χ0) is 31.1. The summed E-state index contributed by atoms with van der Waals surface area (Å²) in [5.74, 6) is -1.38. The summed E-state index contributed by atoms with van der Waals surface area (Å²) in [6.07, 6.45) is 9.70. The van der Waals surface area contributed by atoms with Crippen molar-refractivity contribution in [3.63, 3.8) is 0 Å². The monoisotopic (exact) mass is 632 g/mol. The van der Waals surface area contributed by atoms with Crippen molar-refractivity contribution in [1.29, 1.82) is 0 Å². The smallest absolute Gasteiger partial charge is 0.390 e. The molecule has 1 saturated heterocycles. The van der Waals surface area contributed by atoms with Crippen molar-refractivity contribution in [2.45, 2.75) is 95.5 Å². The molecule has 1 unspecified atom stereocenters. The standard InChI is InChI=1S/C29H43F2N2O9P/c30-23-14-12-22(13-15-23)11-9-7-5-3-1-2-4-6-8-10-16-39-17-18-40-43(37,38)41-21-26-25(34)19-27(42-26)33-20-24(31)28(35)32-29(33)36/h12-15,20,25-27,34H,1-11,16-19,21H2,(H,37,38)(H,32,35,36)/t25-,26+,27+/m0/s1. The fourth-order valence-electron chi connectivity index (χ4n) is 4.83. The Bertz CT molecular complexity index is 1260. The third kappa shape index (κ3) is 13.1. The minimum atomic E-state index is -4.45. The number of unbranched alkanes of at least 4 members (excludes halogenated alkanes) is 9. The summed E-state index contributed by atoms with van der Waals surface area (Å²) < 4.78 is 60.1. The summed E-state index contributed by atoms with van der Waals surface area (Å²) in [4.78, 5) is 34.8. The van der Waals surface area contributed by atoms with Crippen LogP contribution in [0.5, 0.6) is 0 Å². The molecule has 2 aromatic rings. The maximum Gasteiger partial charge on any atom is 0.472 e. The van der Waals surface area contributed by atoms with Gasteiger partial charge in [-0.05, 0) is 37.0 Å². The molecule has 0 amide bonds. The number of aliphatic hydroxyl groups is 1. The topological polar surface area (TPSA) is 149 Å². The minimum Gasteiger partial charge on any atom is -0.390 e. The van der Waals surface area contributed by atoms with Gasteiger partial charge in [-0.2, -0.15) is 4.39 Å². The van der Waals surface area contributed by atoms with E-state index >= 15 is 0 Å². The van der Waals surface area contributed by atoms with Crippen LogP contribution in [0.1, 0.15) is 82.4 Å². The number of ether oxygens (including phenoxy) is 2. The molecule has 2 heterocycles. The number of hydrogen-bond acceptors (Lipinski definition) is 8. The lowest BCUT2D eigenvalue weighted by atomic mass is 10.0. The van der Waals surface area contributed by atoms with E-state index in [0.717, 1.165) is 36.7 Å². The van der Waals surface area contributed by atoms with Gasteiger partial charge in [0.25, 0.3) is 5.56 Å².